The first-order valence-corrected chi connectivity index (χ1v) is 7.93. The molecule has 6 heteroatoms. The lowest BCUT2D eigenvalue weighted by Crippen LogP contribution is -2.30. The second kappa shape index (κ2) is 5.57. The Hall–Kier alpha value is -0.620. The molecule has 0 unspecified atom stereocenters. The van der Waals surface area contributed by atoms with Crippen LogP contribution < -0.4 is 5.14 Å². The summed E-state index contributed by atoms with van der Waals surface area (Å²) in [7, 11) is -3.72. The Morgan fingerprint density at radius 3 is 2.50 bits per heavy atom. The van der Waals surface area contributed by atoms with Crippen LogP contribution in [-0.2, 0) is 16.6 Å². The van der Waals surface area contributed by atoms with Gasteiger partial charge in [0, 0.05) is 11.6 Å². The van der Waals surface area contributed by atoms with E-state index in [9.17, 15) is 8.42 Å². The summed E-state index contributed by atoms with van der Waals surface area (Å²) < 4.78 is 23.1. The van der Waals surface area contributed by atoms with Crippen LogP contribution in [0.2, 0.25) is 5.02 Å². The molecule has 2 rings (SSSR count). The minimum Gasteiger partial charge on any atom is -0.299 e. The van der Waals surface area contributed by atoms with Crippen molar-refractivity contribution in [1.29, 1.82) is 0 Å². The van der Waals surface area contributed by atoms with Gasteiger partial charge in [-0.25, -0.2) is 13.6 Å². The highest BCUT2D eigenvalue weighted by atomic mass is 35.5. The van der Waals surface area contributed by atoms with E-state index >= 15 is 0 Å². The molecule has 0 radical (unpaired) electrons. The third-order valence-corrected chi connectivity index (χ3v) is 4.41. The van der Waals surface area contributed by atoms with Gasteiger partial charge in [0.05, 0.1) is 4.90 Å². The van der Waals surface area contributed by atoms with Gasteiger partial charge < -0.3 is 0 Å². The molecule has 0 amide bonds. The summed E-state index contributed by atoms with van der Waals surface area (Å²) in [5.41, 5.74) is 0.726. The third-order valence-electron chi connectivity index (χ3n) is 3.18. The normalized spacial score (nSPS) is 17.9. The van der Waals surface area contributed by atoms with Crippen molar-refractivity contribution in [2.24, 2.45) is 5.14 Å². The van der Waals surface area contributed by atoms with Crippen LogP contribution in [-0.4, -0.2) is 26.4 Å². The summed E-state index contributed by atoms with van der Waals surface area (Å²) in [6.45, 7) is 2.63. The maximum atomic E-state index is 11.5. The lowest BCUT2D eigenvalue weighted by Gasteiger charge is -2.27. The number of nitrogens with zero attached hydrogens (tertiary/aromatic N) is 1. The van der Waals surface area contributed by atoms with E-state index in [0.29, 0.717) is 11.6 Å². The first-order valence-electron chi connectivity index (χ1n) is 6.00. The van der Waals surface area contributed by atoms with Crippen molar-refractivity contribution in [2.75, 3.05) is 13.1 Å². The number of hydrogen-bond acceptors (Lipinski definition) is 3. The van der Waals surface area contributed by atoms with Gasteiger partial charge >= 0.3 is 0 Å². The topological polar surface area (TPSA) is 63.4 Å². The molecule has 0 atom stereocenters. The molecule has 0 saturated carbocycles. The highest BCUT2D eigenvalue weighted by Crippen LogP contribution is 2.22. The Morgan fingerprint density at radius 2 is 1.89 bits per heavy atom. The van der Waals surface area contributed by atoms with Gasteiger partial charge in [-0.1, -0.05) is 24.1 Å². The molecule has 1 saturated heterocycles. The molecule has 1 aliphatic heterocycles. The smallest absolute Gasteiger partial charge is 0.238 e. The molecule has 18 heavy (non-hydrogen) atoms. The number of hydrogen-bond donors (Lipinski definition) is 1. The Labute approximate surface area is 113 Å². The van der Waals surface area contributed by atoms with Crippen molar-refractivity contribution in [3.8, 4) is 0 Å². The van der Waals surface area contributed by atoms with E-state index < -0.39 is 10.0 Å². The highest BCUT2D eigenvalue weighted by Gasteiger charge is 2.18. The van der Waals surface area contributed by atoms with Gasteiger partial charge in [0.2, 0.25) is 10.0 Å². The van der Waals surface area contributed by atoms with Crippen LogP contribution >= 0.6 is 11.6 Å². The summed E-state index contributed by atoms with van der Waals surface area (Å²) in [5, 5.41) is 5.62. The van der Waals surface area contributed by atoms with Gasteiger partial charge in [0.25, 0.3) is 0 Å². The van der Waals surface area contributed by atoms with Gasteiger partial charge in [-0.15, -0.1) is 0 Å². The number of benzene rings is 1. The molecule has 0 aromatic heterocycles. The van der Waals surface area contributed by atoms with Gasteiger partial charge in [0.15, 0.2) is 0 Å². The number of rotatable bonds is 3. The first-order chi connectivity index (χ1) is 8.47. The Kier molecular flexibility index (Phi) is 4.27. The number of sulfonamides is 1. The average Bonchev–Trinajstić information content (AvgIpc) is 2.31. The largest absolute Gasteiger partial charge is 0.299 e. The molecule has 100 valence electrons. The zero-order chi connectivity index (χ0) is 13.2. The SMILES string of the molecule is NS(=O)(=O)c1cc(Cl)ccc1CN1CCCCC1. The molecule has 1 aliphatic rings. The van der Waals surface area contributed by atoms with Crippen molar-refractivity contribution in [1.82, 2.24) is 4.90 Å². The molecule has 1 heterocycles. The fourth-order valence-corrected chi connectivity index (χ4v) is 3.31. The molecule has 0 bridgehead atoms. The maximum absolute atomic E-state index is 11.5. The second-order valence-corrected chi connectivity index (χ2v) is 6.60. The van der Waals surface area contributed by atoms with Crippen LogP contribution in [0, 0.1) is 0 Å². The molecule has 0 aliphatic carbocycles. The highest BCUT2D eigenvalue weighted by molar-refractivity contribution is 7.89. The standard InChI is InChI=1S/C12H17ClN2O2S/c13-11-5-4-10(12(8-11)18(14,16)17)9-15-6-2-1-3-7-15/h4-5,8H,1-3,6-7,9H2,(H2,14,16,17). The maximum Gasteiger partial charge on any atom is 0.238 e. The number of piperidine rings is 1. The molecule has 1 aromatic carbocycles. The van der Waals surface area contributed by atoms with Crippen molar-refractivity contribution >= 4 is 21.6 Å². The summed E-state index contributed by atoms with van der Waals surface area (Å²) >= 11 is 5.83. The number of primary sulfonamides is 1. The number of likely N-dealkylation sites (tertiary alicyclic amines) is 1. The molecule has 4 nitrogen and oxygen atoms in total. The summed E-state index contributed by atoms with van der Waals surface area (Å²) in [6, 6.07) is 4.88. The van der Waals surface area contributed by atoms with Crippen LogP contribution in [0.4, 0.5) is 0 Å². The summed E-state index contributed by atoms with van der Waals surface area (Å²) in [5.74, 6) is 0. The monoisotopic (exact) mass is 288 g/mol. The zero-order valence-corrected chi connectivity index (χ0v) is 11.7. The lowest BCUT2D eigenvalue weighted by atomic mass is 10.1. The van der Waals surface area contributed by atoms with Crippen molar-refractivity contribution < 1.29 is 8.42 Å². The molecular formula is C12H17ClN2O2S. The van der Waals surface area contributed by atoms with Crippen molar-refractivity contribution in [3.05, 3.63) is 28.8 Å². The predicted molar refractivity (Wildman–Crippen MR) is 72.0 cm³/mol. The molecule has 0 spiro atoms. The fraction of sp³-hybridized carbons (Fsp3) is 0.500. The second-order valence-electron chi connectivity index (χ2n) is 4.63. The van der Waals surface area contributed by atoms with E-state index in [1.165, 1.54) is 12.5 Å². The fourth-order valence-electron chi connectivity index (χ4n) is 2.28. The van der Waals surface area contributed by atoms with Crippen LogP contribution in [0.1, 0.15) is 24.8 Å². The van der Waals surface area contributed by atoms with Gasteiger partial charge in [-0.3, -0.25) is 4.90 Å². The number of halogens is 1. The van der Waals surface area contributed by atoms with Gasteiger partial charge in [-0.2, -0.15) is 0 Å². The van der Waals surface area contributed by atoms with E-state index in [-0.39, 0.29) is 4.90 Å². The lowest BCUT2D eigenvalue weighted by molar-refractivity contribution is 0.219. The molecule has 1 fully saturated rings. The minimum absolute atomic E-state index is 0.139. The van der Waals surface area contributed by atoms with E-state index in [4.69, 9.17) is 16.7 Å². The van der Waals surface area contributed by atoms with Crippen LogP contribution in [0.25, 0.3) is 0 Å². The van der Waals surface area contributed by atoms with Crippen LogP contribution in [0.15, 0.2) is 23.1 Å². The zero-order valence-electron chi connectivity index (χ0n) is 10.1. The van der Waals surface area contributed by atoms with E-state index in [0.717, 1.165) is 31.5 Å². The van der Waals surface area contributed by atoms with Crippen LogP contribution in [0.3, 0.4) is 0 Å². The Bertz CT molecular complexity index is 525. The van der Waals surface area contributed by atoms with Gasteiger partial charge in [-0.05, 0) is 43.6 Å². The van der Waals surface area contributed by atoms with Crippen molar-refractivity contribution in [2.45, 2.75) is 30.7 Å². The van der Waals surface area contributed by atoms with Crippen LogP contribution in [0.5, 0.6) is 0 Å². The molecule has 2 N–H and O–H groups in total. The van der Waals surface area contributed by atoms with Gasteiger partial charge in [0.1, 0.15) is 0 Å². The predicted octanol–water partition coefficient (Wildman–Crippen LogP) is 1.97. The first kappa shape index (κ1) is 13.8. The Balaban J connectivity index is 2.26. The Morgan fingerprint density at radius 1 is 1.22 bits per heavy atom. The molecule has 1 aromatic rings. The summed E-state index contributed by atoms with van der Waals surface area (Å²) in [6.07, 6.45) is 3.58. The van der Waals surface area contributed by atoms with E-state index in [1.807, 2.05) is 0 Å². The molecular weight excluding hydrogens is 272 g/mol. The number of nitrogens with two attached hydrogens (primary N) is 1. The minimum atomic E-state index is -3.72. The third kappa shape index (κ3) is 3.45. The average molecular weight is 289 g/mol. The van der Waals surface area contributed by atoms with Crippen molar-refractivity contribution in [3.63, 3.8) is 0 Å². The summed E-state index contributed by atoms with van der Waals surface area (Å²) in [4.78, 5) is 2.39. The quantitative estimate of drug-likeness (QED) is 0.925. The van der Waals surface area contributed by atoms with E-state index in [1.54, 1.807) is 12.1 Å². The van der Waals surface area contributed by atoms with E-state index in [2.05, 4.69) is 4.90 Å².